The molecule has 0 amide bonds. The molecule has 1 aliphatic heterocycles. The number of para-hydroxylation sites is 1. The van der Waals surface area contributed by atoms with Crippen LogP contribution < -0.4 is 16.0 Å². The van der Waals surface area contributed by atoms with Crippen molar-refractivity contribution >= 4 is 0 Å². The summed E-state index contributed by atoms with van der Waals surface area (Å²) in [5, 5.41) is 0. The van der Waals surface area contributed by atoms with Crippen LogP contribution in [0.4, 0.5) is 0 Å². The van der Waals surface area contributed by atoms with Gasteiger partial charge in [0, 0.05) is 12.6 Å². The molecule has 1 heterocycles. The lowest BCUT2D eigenvalue weighted by Crippen LogP contribution is -2.47. The first-order chi connectivity index (χ1) is 10.3. The quantitative estimate of drug-likeness (QED) is 0.598. The van der Waals surface area contributed by atoms with Crippen LogP contribution in [0.25, 0.3) is 0 Å². The molecule has 2 aliphatic rings. The summed E-state index contributed by atoms with van der Waals surface area (Å²) in [6.45, 7) is 3.61. The third-order valence-electron chi connectivity index (χ3n) is 4.68. The lowest BCUT2D eigenvalue weighted by Gasteiger charge is -2.32. The summed E-state index contributed by atoms with van der Waals surface area (Å²) in [5.41, 5.74) is 4.34. The molecule has 0 saturated heterocycles. The fraction of sp³-hybridized carbons (Fsp3) is 0.647. The maximum Gasteiger partial charge on any atom is 0.122 e. The normalized spacial score (nSPS) is 24.0. The van der Waals surface area contributed by atoms with Crippen LogP contribution in [-0.2, 0) is 4.74 Å². The van der Waals surface area contributed by atoms with Crippen molar-refractivity contribution in [2.75, 3.05) is 13.2 Å². The first-order valence-corrected chi connectivity index (χ1v) is 8.13. The van der Waals surface area contributed by atoms with Crippen LogP contribution >= 0.6 is 0 Å². The lowest BCUT2D eigenvalue weighted by molar-refractivity contribution is 0.0141. The molecule has 0 bridgehead atoms. The topological polar surface area (TPSA) is 56.5 Å². The van der Waals surface area contributed by atoms with Gasteiger partial charge in [-0.05, 0) is 56.1 Å². The zero-order valence-corrected chi connectivity index (χ0v) is 12.8. The molecule has 0 aromatic heterocycles. The molecule has 3 atom stereocenters. The van der Waals surface area contributed by atoms with Gasteiger partial charge in [-0.25, -0.2) is 0 Å². The molecule has 21 heavy (non-hydrogen) atoms. The summed E-state index contributed by atoms with van der Waals surface area (Å²) < 4.78 is 11.7. The van der Waals surface area contributed by atoms with Crippen LogP contribution in [0.2, 0.25) is 0 Å². The Labute approximate surface area is 127 Å². The Kier molecular flexibility index (Phi) is 4.78. The van der Waals surface area contributed by atoms with Gasteiger partial charge >= 0.3 is 0 Å². The number of nitrogens with two attached hydrogens (primary N) is 1. The van der Waals surface area contributed by atoms with Gasteiger partial charge in [-0.1, -0.05) is 18.2 Å². The van der Waals surface area contributed by atoms with Crippen LogP contribution in [0.1, 0.15) is 44.1 Å². The van der Waals surface area contributed by atoms with Gasteiger partial charge in [0.05, 0.1) is 12.7 Å². The molecule has 4 heteroatoms. The number of hydrogen-bond donors (Lipinski definition) is 2. The van der Waals surface area contributed by atoms with Crippen LogP contribution in [0.3, 0.4) is 0 Å². The third-order valence-corrected chi connectivity index (χ3v) is 4.68. The third kappa shape index (κ3) is 3.39. The minimum atomic E-state index is 0.216. The predicted molar refractivity (Wildman–Crippen MR) is 83.2 cm³/mol. The number of hydrogen-bond acceptors (Lipinski definition) is 4. The second kappa shape index (κ2) is 6.77. The molecular weight excluding hydrogens is 264 g/mol. The van der Waals surface area contributed by atoms with E-state index in [1.807, 2.05) is 6.07 Å². The van der Waals surface area contributed by atoms with Crippen LogP contribution in [-0.4, -0.2) is 25.4 Å². The van der Waals surface area contributed by atoms with Crippen molar-refractivity contribution < 1.29 is 9.47 Å². The zero-order valence-electron chi connectivity index (χ0n) is 12.8. The molecule has 0 spiro atoms. The van der Waals surface area contributed by atoms with Crippen LogP contribution in [0.15, 0.2) is 24.3 Å². The van der Waals surface area contributed by atoms with Crippen molar-refractivity contribution in [3.8, 4) is 5.75 Å². The number of hydrazine groups is 1. The monoisotopic (exact) mass is 290 g/mol. The van der Waals surface area contributed by atoms with Gasteiger partial charge in [-0.2, -0.15) is 0 Å². The summed E-state index contributed by atoms with van der Waals surface area (Å²) >= 11 is 0. The van der Waals surface area contributed by atoms with E-state index in [2.05, 4.69) is 30.5 Å². The maximum atomic E-state index is 5.97. The molecule has 1 fully saturated rings. The van der Waals surface area contributed by atoms with Gasteiger partial charge in [0.1, 0.15) is 5.75 Å². The molecule has 1 saturated carbocycles. The van der Waals surface area contributed by atoms with E-state index in [4.69, 9.17) is 15.3 Å². The Morgan fingerprint density at radius 2 is 2.14 bits per heavy atom. The van der Waals surface area contributed by atoms with E-state index in [1.165, 1.54) is 18.4 Å². The molecule has 3 N–H and O–H groups in total. The number of benzene rings is 1. The minimum Gasteiger partial charge on any atom is -0.493 e. The Balaban J connectivity index is 1.72. The summed E-state index contributed by atoms with van der Waals surface area (Å²) in [6, 6.07) is 8.58. The fourth-order valence-corrected chi connectivity index (χ4v) is 3.46. The van der Waals surface area contributed by atoms with E-state index in [0.29, 0.717) is 11.8 Å². The molecule has 3 rings (SSSR count). The van der Waals surface area contributed by atoms with Crippen molar-refractivity contribution in [1.82, 2.24) is 5.43 Å². The molecule has 1 aliphatic carbocycles. The average molecular weight is 290 g/mol. The molecule has 4 nitrogen and oxygen atoms in total. The largest absolute Gasteiger partial charge is 0.493 e. The molecule has 1 aromatic carbocycles. The van der Waals surface area contributed by atoms with Crippen molar-refractivity contribution in [3.63, 3.8) is 0 Å². The van der Waals surface area contributed by atoms with Crippen molar-refractivity contribution in [3.05, 3.63) is 29.8 Å². The number of nitrogens with one attached hydrogen (secondary N) is 1. The molecule has 0 radical (unpaired) electrons. The number of fused-ring (bicyclic) bond motifs is 1. The van der Waals surface area contributed by atoms with Gasteiger partial charge in [-0.3, -0.25) is 11.3 Å². The van der Waals surface area contributed by atoms with Gasteiger partial charge in [0.15, 0.2) is 0 Å². The predicted octanol–water partition coefficient (Wildman–Crippen LogP) is 2.59. The first-order valence-electron chi connectivity index (χ1n) is 8.13. The molecule has 1 aromatic rings. The van der Waals surface area contributed by atoms with E-state index in [0.717, 1.165) is 31.8 Å². The van der Waals surface area contributed by atoms with Gasteiger partial charge in [-0.15, -0.1) is 0 Å². The zero-order chi connectivity index (χ0) is 14.7. The van der Waals surface area contributed by atoms with E-state index < -0.39 is 0 Å². The van der Waals surface area contributed by atoms with E-state index in [9.17, 15) is 0 Å². The Morgan fingerprint density at radius 1 is 1.33 bits per heavy atom. The summed E-state index contributed by atoms with van der Waals surface area (Å²) in [6.07, 6.45) is 4.85. The number of ether oxygens (including phenoxy) is 2. The highest BCUT2D eigenvalue weighted by molar-refractivity contribution is 5.37. The summed E-state index contributed by atoms with van der Waals surface area (Å²) in [4.78, 5) is 0. The Morgan fingerprint density at radius 3 is 2.86 bits per heavy atom. The SMILES string of the molecule is CCOC(C1CC1)C(CC1CCOc2ccccc21)NN. The maximum absolute atomic E-state index is 5.97. The van der Waals surface area contributed by atoms with Gasteiger partial charge in [0.25, 0.3) is 0 Å². The standard InChI is InChI=1S/C17H26N2O2/c1-2-20-17(12-7-8-12)15(19-18)11-13-9-10-21-16-6-4-3-5-14(13)16/h3-6,12-13,15,17,19H,2,7-11,18H2,1H3. The van der Waals surface area contributed by atoms with Crippen molar-refractivity contribution in [1.29, 1.82) is 0 Å². The average Bonchev–Trinajstić information content (AvgIpc) is 3.35. The van der Waals surface area contributed by atoms with Gasteiger partial charge in [0.2, 0.25) is 0 Å². The highest BCUT2D eigenvalue weighted by Gasteiger charge is 2.38. The summed E-state index contributed by atoms with van der Waals surface area (Å²) in [7, 11) is 0. The second-order valence-corrected chi connectivity index (χ2v) is 6.14. The summed E-state index contributed by atoms with van der Waals surface area (Å²) in [5.74, 6) is 8.06. The fourth-order valence-electron chi connectivity index (χ4n) is 3.46. The Hall–Kier alpha value is -1.10. The van der Waals surface area contributed by atoms with E-state index in [-0.39, 0.29) is 12.1 Å². The molecular formula is C17H26N2O2. The smallest absolute Gasteiger partial charge is 0.122 e. The van der Waals surface area contributed by atoms with E-state index in [1.54, 1.807) is 0 Å². The van der Waals surface area contributed by atoms with Crippen molar-refractivity contribution in [2.45, 2.75) is 50.7 Å². The lowest BCUT2D eigenvalue weighted by atomic mass is 9.85. The number of rotatable bonds is 7. The van der Waals surface area contributed by atoms with Crippen molar-refractivity contribution in [2.24, 2.45) is 11.8 Å². The second-order valence-electron chi connectivity index (χ2n) is 6.14. The Bertz CT molecular complexity index is 462. The minimum absolute atomic E-state index is 0.216. The highest BCUT2D eigenvalue weighted by Crippen LogP contribution is 2.40. The van der Waals surface area contributed by atoms with Gasteiger partial charge < -0.3 is 9.47 Å². The van der Waals surface area contributed by atoms with E-state index >= 15 is 0 Å². The first kappa shape index (κ1) is 14.8. The molecule has 116 valence electrons. The van der Waals surface area contributed by atoms with Crippen LogP contribution in [0.5, 0.6) is 5.75 Å². The molecule has 3 unspecified atom stereocenters. The highest BCUT2D eigenvalue weighted by atomic mass is 16.5. The van der Waals surface area contributed by atoms with Crippen LogP contribution in [0, 0.1) is 5.92 Å².